The number of nitrogens with one attached hydrogen (secondary N) is 1. The third-order valence-electron chi connectivity index (χ3n) is 3.74. The highest BCUT2D eigenvalue weighted by molar-refractivity contribution is 5.17. The zero-order chi connectivity index (χ0) is 12.1. The Morgan fingerprint density at radius 1 is 1.41 bits per heavy atom. The van der Waals surface area contributed by atoms with Gasteiger partial charge in [-0.15, -0.1) is 0 Å². The predicted molar refractivity (Wildman–Crippen MR) is 68.8 cm³/mol. The van der Waals surface area contributed by atoms with Crippen LogP contribution < -0.4 is 5.32 Å². The summed E-state index contributed by atoms with van der Waals surface area (Å²) in [4.78, 5) is 4.19. The third-order valence-corrected chi connectivity index (χ3v) is 3.74. The molecule has 2 N–H and O–H groups in total. The molecule has 0 bridgehead atoms. The maximum Gasteiger partial charge on any atom is 0.133 e. The molecule has 1 aromatic heterocycles. The van der Waals surface area contributed by atoms with E-state index in [4.69, 9.17) is 5.11 Å². The first-order valence-corrected chi connectivity index (χ1v) is 6.65. The Morgan fingerprint density at radius 3 is 3.00 bits per heavy atom. The fourth-order valence-electron chi connectivity index (χ4n) is 2.62. The molecule has 2 atom stereocenters. The summed E-state index contributed by atoms with van der Waals surface area (Å²) in [5, 5.41) is 12.7. The van der Waals surface area contributed by atoms with Crippen molar-refractivity contribution >= 4 is 0 Å². The van der Waals surface area contributed by atoms with Crippen LogP contribution in [-0.2, 0) is 6.54 Å². The van der Waals surface area contributed by atoms with Crippen molar-refractivity contribution in [2.45, 2.75) is 51.6 Å². The first kappa shape index (κ1) is 12.4. The second kappa shape index (κ2) is 6.01. The summed E-state index contributed by atoms with van der Waals surface area (Å²) in [6.07, 6.45) is 8.14. The Hall–Kier alpha value is -1.09. The van der Waals surface area contributed by atoms with Gasteiger partial charge < -0.3 is 10.4 Å². The second-order valence-corrected chi connectivity index (χ2v) is 5.03. The quantitative estimate of drug-likeness (QED) is 0.842. The van der Waals surface area contributed by atoms with Crippen molar-refractivity contribution in [3.63, 3.8) is 0 Å². The molecule has 0 aliphatic heterocycles. The number of nitrogens with zero attached hydrogens (tertiary/aromatic N) is 1. The Labute approximate surface area is 103 Å². The Bertz CT molecular complexity index is 337. The minimum absolute atomic E-state index is 0.234. The van der Waals surface area contributed by atoms with Crippen LogP contribution in [0, 0.1) is 5.92 Å². The zero-order valence-corrected chi connectivity index (χ0v) is 10.5. The van der Waals surface area contributed by atoms with Crippen LogP contribution in [0.1, 0.15) is 44.7 Å². The maximum atomic E-state index is 9.16. The minimum Gasteiger partial charge on any atom is -0.506 e. The summed E-state index contributed by atoms with van der Waals surface area (Å²) < 4.78 is 0. The Balaban J connectivity index is 1.79. The smallest absolute Gasteiger partial charge is 0.133 e. The first-order chi connectivity index (χ1) is 8.28. The SMILES string of the molecule is CCC1CCCC(NCc2ccc(O)cn2)C1. The zero-order valence-electron chi connectivity index (χ0n) is 10.5. The van der Waals surface area contributed by atoms with E-state index in [1.807, 2.05) is 6.07 Å². The van der Waals surface area contributed by atoms with Crippen LogP contribution in [0.4, 0.5) is 0 Å². The van der Waals surface area contributed by atoms with E-state index in [9.17, 15) is 0 Å². The topological polar surface area (TPSA) is 45.1 Å². The van der Waals surface area contributed by atoms with E-state index < -0.39 is 0 Å². The van der Waals surface area contributed by atoms with Gasteiger partial charge in [0.1, 0.15) is 5.75 Å². The molecule has 3 heteroatoms. The molecule has 0 aromatic carbocycles. The lowest BCUT2D eigenvalue weighted by molar-refractivity contribution is 0.278. The molecule has 1 aromatic rings. The summed E-state index contributed by atoms with van der Waals surface area (Å²) >= 11 is 0. The summed E-state index contributed by atoms with van der Waals surface area (Å²) in [5.41, 5.74) is 1.00. The maximum absolute atomic E-state index is 9.16. The summed E-state index contributed by atoms with van der Waals surface area (Å²) in [5.74, 6) is 1.13. The van der Waals surface area contributed by atoms with Crippen molar-refractivity contribution in [1.82, 2.24) is 10.3 Å². The molecule has 1 aliphatic rings. The van der Waals surface area contributed by atoms with Crippen molar-refractivity contribution in [2.24, 2.45) is 5.92 Å². The average Bonchev–Trinajstić information content (AvgIpc) is 2.38. The van der Waals surface area contributed by atoms with Crippen LogP contribution in [0.3, 0.4) is 0 Å². The van der Waals surface area contributed by atoms with Gasteiger partial charge in [0.25, 0.3) is 0 Å². The Kier molecular flexibility index (Phi) is 4.37. The number of rotatable bonds is 4. The molecule has 17 heavy (non-hydrogen) atoms. The van der Waals surface area contributed by atoms with Crippen molar-refractivity contribution in [3.8, 4) is 5.75 Å². The summed E-state index contributed by atoms with van der Waals surface area (Å²) in [6.45, 7) is 3.09. The van der Waals surface area contributed by atoms with Crippen LogP contribution in [0.5, 0.6) is 5.75 Å². The molecule has 0 amide bonds. The fraction of sp³-hybridized carbons (Fsp3) is 0.643. The molecular formula is C14H22N2O. The van der Waals surface area contributed by atoms with Gasteiger partial charge in [-0.1, -0.05) is 26.2 Å². The number of hydrogen-bond donors (Lipinski definition) is 2. The number of aromatic nitrogens is 1. The van der Waals surface area contributed by atoms with Crippen molar-refractivity contribution in [2.75, 3.05) is 0 Å². The molecule has 0 saturated heterocycles. The van der Waals surface area contributed by atoms with Gasteiger partial charge in [-0.2, -0.15) is 0 Å². The van der Waals surface area contributed by atoms with Crippen LogP contribution >= 0.6 is 0 Å². The van der Waals surface area contributed by atoms with Crippen LogP contribution in [0.2, 0.25) is 0 Å². The highest BCUT2D eigenvalue weighted by atomic mass is 16.3. The monoisotopic (exact) mass is 234 g/mol. The molecule has 1 fully saturated rings. The molecule has 1 aliphatic carbocycles. The molecule has 3 nitrogen and oxygen atoms in total. The van der Waals surface area contributed by atoms with E-state index in [1.165, 1.54) is 38.3 Å². The predicted octanol–water partition coefficient (Wildman–Crippen LogP) is 2.85. The highest BCUT2D eigenvalue weighted by Crippen LogP contribution is 2.26. The van der Waals surface area contributed by atoms with Crippen LogP contribution in [0.25, 0.3) is 0 Å². The van der Waals surface area contributed by atoms with E-state index in [0.717, 1.165) is 18.2 Å². The number of hydrogen-bond acceptors (Lipinski definition) is 3. The molecule has 2 rings (SSSR count). The standard InChI is InChI=1S/C14H22N2O/c1-2-11-4-3-5-12(8-11)15-9-13-6-7-14(17)10-16-13/h6-7,10-12,15,17H,2-5,8-9H2,1H3. The minimum atomic E-state index is 0.234. The summed E-state index contributed by atoms with van der Waals surface area (Å²) in [7, 11) is 0. The molecule has 0 radical (unpaired) electrons. The lowest BCUT2D eigenvalue weighted by atomic mass is 9.84. The van der Waals surface area contributed by atoms with Crippen LogP contribution in [0.15, 0.2) is 18.3 Å². The van der Waals surface area contributed by atoms with Crippen LogP contribution in [-0.4, -0.2) is 16.1 Å². The highest BCUT2D eigenvalue weighted by Gasteiger charge is 2.20. The van der Waals surface area contributed by atoms with E-state index in [0.29, 0.717) is 6.04 Å². The molecular weight excluding hydrogens is 212 g/mol. The van der Waals surface area contributed by atoms with Crippen molar-refractivity contribution in [1.29, 1.82) is 0 Å². The molecule has 94 valence electrons. The van der Waals surface area contributed by atoms with E-state index in [1.54, 1.807) is 6.07 Å². The third kappa shape index (κ3) is 3.70. The Morgan fingerprint density at radius 2 is 2.29 bits per heavy atom. The van der Waals surface area contributed by atoms with Gasteiger partial charge in [-0.25, -0.2) is 0 Å². The van der Waals surface area contributed by atoms with E-state index >= 15 is 0 Å². The van der Waals surface area contributed by atoms with Gasteiger partial charge >= 0.3 is 0 Å². The first-order valence-electron chi connectivity index (χ1n) is 6.65. The van der Waals surface area contributed by atoms with Gasteiger partial charge in [0.15, 0.2) is 0 Å². The normalized spacial score (nSPS) is 24.8. The van der Waals surface area contributed by atoms with E-state index in [2.05, 4.69) is 17.2 Å². The van der Waals surface area contributed by atoms with Gasteiger partial charge in [0.2, 0.25) is 0 Å². The van der Waals surface area contributed by atoms with Crippen molar-refractivity contribution in [3.05, 3.63) is 24.0 Å². The lowest BCUT2D eigenvalue weighted by Gasteiger charge is -2.29. The lowest BCUT2D eigenvalue weighted by Crippen LogP contribution is -2.33. The average molecular weight is 234 g/mol. The van der Waals surface area contributed by atoms with Crippen molar-refractivity contribution < 1.29 is 5.11 Å². The largest absolute Gasteiger partial charge is 0.506 e. The molecule has 2 unspecified atom stereocenters. The van der Waals surface area contributed by atoms with Gasteiger partial charge in [0.05, 0.1) is 11.9 Å². The molecule has 1 saturated carbocycles. The number of pyridine rings is 1. The van der Waals surface area contributed by atoms with Gasteiger partial charge in [0, 0.05) is 12.6 Å². The number of aromatic hydroxyl groups is 1. The summed E-state index contributed by atoms with van der Waals surface area (Å²) in [6, 6.07) is 4.21. The molecule has 1 heterocycles. The second-order valence-electron chi connectivity index (χ2n) is 5.03. The molecule has 0 spiro atoms. The fourth-order valence-corrected chi connectivity index (χ4v) is 2.62. The van der Waals surface area contributed by atoms with E-state index in [-0.39, 0.29) is 5.75 Å². The van der Waals surface area contributed by atoms with Gasteiger partial charge in [-0.05, 0) is 30.9 Å². The van der Waals surface area contributed by atoms with Gasteiger partial charge in [-0.3, -0.25) is 4.98 Å².